The zero-order chi connectivity index (χ0) is 15.2. The van der Waals surface area contributed by atoms with E-state index in [2.05, 4.69) is 24.4 Å². The molecule has 0 fully saturated rings. The van der Waals surface area contributed by atoms with E-state index in [0.717, 1.165) is 10.9 Å². The van der Waals surface area contributed by atoms with Gasteiger partial charge in [-0.2, -0.15) is 0 Å². The fourth-order valence-corrected chi connectivity index (χ4v) is 2.54. The molecule has 0 saturated carbocycles. The lowest BCUT2D eigenvalue weighted by molar-refractivity contribution is -0.149. The quantitative estimate of drug-likeness (QED) is 0.350. The van der Waals surface area contributed by atoms with Crippen molar-refractivity contribution in [2.75, 3.05) is 13.7 Å². The number of para-hydroxylation sites is 1. The minimum atomic E-state index is -1.75. The highest BCUT2D eigenvalue weighted by Crippen LogP contribution is 2.17. The average Bonchev–Trinajstić information content (AvgIpc) is 2.42. The van der Waals surface area contributed by atoms with Crippen molar-refractivity contribution in [2.45, 2.75) is 19.6 Å². The molecule has 0 unspecified atom stereocenters. The van der Waals surface area contributed by atoms with E-state index in [1.165, 1.54) is 13.2 Å². The van der Waals surface area contributed by atoms with Gasteiger partial charge >= 0.3 is 5.97 Å². The van der Waals surface area contributed by atoms with Crippen molar-refractivity contribution in [2.24, 2.45) is 0 Å². The molecular weight excluding hydrogens is 272 g/mol. The largest absolute Gasteiger partial charge is 0.490 e. The summed E-state index contributed by atoms with van der Waals surface area (Å²) in [5.74, 6) is -0.746. The van der Waals surface area contributed by atoms with E-state index in [0.29, 0.717) is 6.61 Å². The molecule has 0 amide bonds. The summed E-state index contributed by atoms with van der Waals surface area (Å²) in [7, 11) is -0.557. The number of carbonyl (C=O) groups excluding carboxylic acids is 2. The fraction of sp³-hybridized carbons (Fsp3) is 0.333. The topological polar surface area (TPSA) is 52.6 Å². The molecule has 0 aliphatic carbocycles. The predicted octanol–water partition coefficient (Wildman–Crippen LogP) is 2.61. The summed E-state index contributed by atoms with van der Waals surface area (Å²) in [6, 6.07) is 9.37. The number of hydrogen-bond acceptors (Lipinski definition) is 4. The summed E-state index contributed by atoms with van der Waals surface area (Å²) < 4.78 is 10.1. The number of hydrogen-bond donors (Lipinski definition) is 0. The lowest BCUT2D eigenvalue weighted by Gasteiger charge is -2.21. The number of ether oxygens (including phenoxy) is 2. The van der Waals surface area contributed by atoms with Crippen molar-refractivity contribution in [1.82, 2.24) is 0 Å². The maximum absolute atomic E-state index is 11.7. The van der Waals surface area contributed by atoms with Crippen LogP contribution >= 0.6 is 0 Å². The van der Waals surface area contributed by atoms with Gasteiger partial charge in [-0.15, -0.1) is 0 Å². The fourth-order valence-electron chi connectivity index (χ4n) is 1.47. The third-order valence-corrected chi connectivity index (χ3v) is 5.01. The Labute approximate surface area is 120 Å². The molecule has 0 spiro atoms. The van der Waals surface area contributed by atoms with Gasteiger partial charge in [-0.05, 0) is 23.4 Å². The Morgan fingerprint density at radius 2 is 1.75 bits per heavy atom. The first-order valence-corrected chi connectivity index (χ1v) is 9.86. The molecule has 0 radical (unpaired) electrons. The van der Waals surface area contributed by atoms with Crippen LogP contribution in [0.2, 0.25) is 19.6 Å². The number of methoxy groups -OCH3 is 1. The summed E-state index contributed by atoms with van der Waals surface area (Å²) in [5, 5.41) is 0.872. The molecular formula is C15H20O4Si. The first-order valence-electron chi connectivity index (χ1n) is 6.36. The van der Waals surface area contributed by atoms with Gasteiger partial charge in [-0.1, -0.05) is 37.8 Å². The second-order valence-electron chi connectivity index (χ2n) is 5.38. The smallest absolute Gasteiger partial charge is 0.378 e. The van der Waals surface area contributed by atoms with Gasteiger partial charge in [-0.3, -0.25) is 4.79 Å². The molecule has 0 bridgehead atoms. The van der Waals surface area contributed by atoms with Crippen LogP contribution in [-0.2, 0) is 14.3 Å². The van der Waals surface area contributed by atoms with Gasteiger partial charge in [0.05, 0.1) is 15.2 Å². The first-order chi connectivity index (χ1) is 9.34. The summed E-state index contributed by atoms with van der Waals surface area (Å²) in [6.07, 6.45) is 1.36. The van der Waals surface area contributed by atoms with E-state index in [-0.39, 0.29) is 0 Å². The summed E-state index contributed by atoms with van der Waals surface area (Å²) in [6.45, 7) is 6.59. The van der Waals surface area contributed by atoms with E-state index < -0.39 is 19.8 Å². The van der Waals surface area contributed by atoms with E-state index in [1.54, 1.807) is 0 Å². The normalized spacial score (nSPS) is 11.9. The van der Waals surface area contributed by atoms with E-state index in [4.69, 9.17) is 4.74 Å². The molecule has 1 aromatic carbocycles. The van der Waals surface area contributed by atoms with Crippen LogP contribution in [0.25, 0.3) is 0 Å². The molecule has 0 aliphatic heterocycles. The van der Waals surface area contributed by atoms with Gasteiger partial charge < -0.3 is 9.47 Å². The van der Waals surface area contributed by atoms with E-state index in [9.17, 15) is 9.59 Å². The van der Waals surface area contributed by atoms with Crippen LogP contribution in [0, 0.1) is 0 Å². The third kappa shape index (κ3) is 5.01. The van der Waals surface area contributed by atoms with Crippen LogP contribution in [0.1, 0.15) is 0 Å². The number of carbonyl (C=O) groups is 2. The Morgan fingerprint density at radius 3 is 2.25 bits per heavy atom. The summed E-state index contributed by atoms with van der Waals surface area (Å²) >= 11 is 0. The van der Waals surface area contributed by atoms with E-state index >= 15 is 0 Å². The van der Waals surface area contributed by atoms with Gasteiger partial charge in [0.2, 0.25) is 0 Å². The maximum atomic E-state index is 11.7. The van der Waals surface area contributed by atoms with Crippen molar-refractivity contribution in [3.05, 3.63) is 41.6 Å². The molecule has 0 N–H and O–H groups in total. The van der Waals surface area contributed by atoms with Crippen molar-refractivity contribution >= 4 is 19.8 Å². The highest BCUT2D eigenvalue weighted by Gasteiger charge is 2.23. The van der Waals surface area contributed by atoms with Crippen molar-refractivity contribution in [1.29, 1.82) is 0 Å². The van der Waals surface area contributed by atoms with Crippen molar-refractivity contribution in [3.63, 3.8) is 0 Å². The summed E-state index contributed by atoms with van der Waals surface area (Å²) in [5.41, 5.74) is 0. The number of rotatable bonds is 6. The number of ketones is 1. The van der Waals surface area contributed by atoms with Gasteiger partial charge in [-0.25, -0.2) is 4.79 Å². The predicted molar refractivity (Wildman–Crippen MR) is 80.4 cm³/mol. The molecule has 0 atom stereocenters. The number of benzene rings is 1. The zero-order valence-corrected chi connectivity index (χ0v) is 13.3. The first kappa shape index (κ1) is 16.2. The molecule has 20 heavy (non-hydrogen) atoms. The van der Waals surface area contributed by atoms with Gasteiger partial charge in [0.1, 0.15) is 12.4 Å². The minimum absolute atomic E-state index is 0.308. The lowest BCUT2D eigenvalue weighted by Crippen LogP contribution is -2.30. The average molecular weight is 292 g/mol. The molecule has 1 rings (SSSR count). The SMILES string of the molecule is COC(=O)C(=O)C=C(COc1ccccc1)[Si](C)(C)C. The second kappa shape index (κ2) is 7.05. The molecule has 0 aromatic heterocycles. The summed E-state index contributed by atoms with van der Waals surface area (Å²) in [4.78, 5) is 22.9. The van der Waals surface area contributed by atoms with Crippen LogP contribution in [0.4, 0.5) is 0 Å². The van der Waals surface area contributed by atoms with Crippen LogP contribution in [0.15, 0.2) is 41.6 Å². The van der Waals surface area contributed by atoms with Crippen LogP contribution < -0.4 is 4.74 Å². The molecule has 5 heteroatoms. The van der Waals surface area contributed by atoms with E-state index in [1.807, 2.05) is 30.3 Å². The number of esters is 1. The van der Waals surface area contributed by atoms with Gasteiger partial charge in [0.15, 0.2) is 0 Å². The van der Waals surface area contributed by atoms with Crippen LogP contribution in [-0.4, -0.2) is 33.5 Å². The molecule has 4 nitrogen and oxygen atoms in total. The Morgan fingerprint density at radius 1 is 1.15 bits per heavy atom. The molecule has 1 aromatic rings. The van der Waals surface area contributed by atoms with Crippen molar-refractivity contribution in [3.8, 4) is 5.75 Å². The maximum Gasteiger partial charge on any atom is 0.378 e. The second-order valence-corrected chi connectivity index (χ2v) is 10.5. The molecule has 0 heterocycles. The Kier molecular flexibility index (Phi) is 5.70. The van der Waals surface area contributed by atoms with Gasteiger partial charge in [0.25, 0.3) is 5.78 Å². The highest BCUT2D eigenvalue weighted by atomic mass is 28.3. The monoisotopic (exact) mass is 292 g/mol. The zero-order valence-electron chi connectivity index (χ0n) is 12.3. The van der Waals surface area contributed by atoms with Crippen molar-refractivity contribution < 1.29 is 19.1 Å². The Hall–Kier alpha value is -1.88. The highest BCUT2D eigenvalue weighted by molar-refractivity contribution is 6.83. The molecule has 0 aliphatic rings. The van der Waals surface area contributed by atoms with Crippen LogP contribution in [0.5, 0.6) is 5.75 Å². The van der Waals surface area contributed by atoms with Crippen LogP contribution in [0.3, 0.4) is 0 Å². The molecule has 0 saturated heterocycles. The van der Waals surface area contributed by atoms with Gasteiger partial charge in [0, 0.05) is 0 Å². The lowest BCUT2D eigenvalue weighted by atomic mass is 10.3. The third-order valence-electron chi connectivity index (χ3n) is 2.79. The molecule has 108 valence electrons. The minimum Gasteiger partial charge on any atom is -0.490 e. The Bertz CT molecular complexity index is 500. The Balaban J connectivity index is 2.83. The standard InChI is InChI=1S/C15H20O4Si/c1-18-15(17)14(16)10-13(20(2,3)4)11-19-12-8-6-5-7-9-12/h5-10H,11H2,1-4H3.